The van der Waals surface area contributed by atoms with Crippen LogP contribution in [0.5, 0.6) is 11.5 Å². The number of para-hydroxylation sites is 1. The van der Waals surface area contributed by atoms with Gasteiger partial charge in [-0.25, -0.2) is 0 Å². The summed E-state index contributed by atoms with van der Waals surface area (Å²) in [6, 6.07) is 5.81. The highest BCUT2D eigenvalue weighted by molar-refractivity contribution is 7.11. The number of halogens is 4. The van der Waals surface area contributed by atoms with Gasteiger partial charge in [-0.1, -0.05) is 23.4 Å². The van der Waals surface area contributed by atoms with Crippen LogP contribution >= 0.6 is 11.3 Å². The fourth-order valence-electron chi connectivity index (χ4n) is 2.02. The molecule has 2 rings (SSSR count). The molecule has 142 valence electrons. The van der Waals surface area contributed by atoms with Crippen molar-refractivity contribution in [2.75, 3.05) is 14.2 Å². The van der Waals surface area contributed by atoms with Gasteiger partial charge in [0.05, 0.1) is 14.2 Å². The van der Waals surface area contributed by atoms with E-state index in [0.717, 1.165) is 27.1 Å². The van der Waals surface area contributed by atoms with Gasteiger partial charge in [-0.05, 0) is 36.5 Å². The smallest absolute Gasteiger partial charge is 0.493 e. The largest absolute Gasteiger partial charge is 0.673 e. The molecule has 26 heavy (non-hydrogen) atoms. The average Bonchev–Trinajstić information content (AvgIpc) is 2.90. The van der Waals surface area contributed by atoms with Gasteiger partial charge < -0.3 is 26.7 Å². The van der Waals surface area contributed by atoms with Crippen LogP contribution in [0.3, 0.4) is 0 Å². The van der Waals surface area contributed by atoms with Gasteiger partial charge in [-0.3, -0.25) is 0 Å². The number of rotatable bonds is 6. The Morgan fingerprint density at radius 1 is 1.19 bits per heavy atom. The van der Waals surface area contributed by atoms with Crippen molar-refractivity contribution < 1.29 is 31.4 Å². The molecule has 0 aliphatic rings. The molecule has 4 nitrogen and oxygen atoms in total. The molecule has 1 aromatic heterocycles. The number of aryl methyl sites for hydroxylation is 1. The van der Waals surface area contributed by atoms with E-state index in [1.165, 1.54) is 0 Å². The van der Waals surface area contributed by atoms with E-state index in [1.807, 2.05) is 48.0 Å². The van der Waals surface area contributed by atoms with Crippen molar-refractivity contribution in [3.63, 3.8) is 0 Å². The van der Waals surface area contributed by atoms with Crippen LogP contribution in [-0.4, -0.2) is 26.6 Å². The van der Waals surface area contributed by atoms with Gasteiger partial charge in [0.1, 0.15) is 0 Å². The highest BCUT2D eigenvalue weighted by Crippen LogP contribution is 2.31. The third-order valence-electron chi connectivity index (χ3n) is 2.91. The second kappa shape index (κ2) is 9.96. The first kappa shape index (κ1) is 21.7. The second-order valence-electron chi connectivity index (χ2n) is 4.84. The number of aromatic nitrogens is 2. The molecule has 0 spiro atoms. The minimum absolute atomic E-state index is 0.694. The number of hydrogen-bond acceptors (Lipinski definition) is 4. The minimum atomic E-state index is -6.00. The maximum absolute atomic E-state index is 9.75. The Labute approximate surface area is 153 Å². The molecule has 0 atom stereocenters. The van der Waals surface area contributed by atoms with E-state index in [-0.39, 0.29) is 0 Å². The third kappa shape index (κ3) is 7.26. The second-order valence-corrected chi connectivity index (χ2v) is 6.05. The van der Waals surface area contributed by atoms with Crippen molar-refractivity contribution in [3.8, 4) is 11.5 Å². The zero-order valence-corrected chi connectivity index (χ0v) is 15.4. The predicted molar refractivity (Wildman–Crippen MR) is 95.9 cm³/mol. The van der Waals surface area contributed by atoms with Crippen LogP contribution in [0.4, 0.5) is 17.3 Å². The normalized spacial score (nSPS) is 11.0. The van der Waals surface area contributed by atoms with E-state index in [0.29, 0.717) is 6.54 Å². The van der Waals surface area contributed by atoms with Crippen LogP contribution in [-0.2, 0) is 6.54 Å². The van der Waals surface area contributed by atoms with E-state index >= 15 is 0 Å². The molecular weight excluding hydrogens is 371 g/mol. The van der Waals surface area contributed by atoms with Crippen molar-refractivity contribution in [1.82, 2.24) is 5.10 Å². The van der Waals surface area contributed by atoms with Gasteiger partial charge in [0, 0.05) is 16.7 Å². The summed E-state index contributed by atoms with van der Waals surface area (Å²) < 4.78 is 51.7. The maximum atomic E-state index is 9.75. The van der Waals surface area contributed by atoms with Crippen LogP contribution in [0.1, 0.15) is 15.6 Å². The quantitative estimate of drug-likeness (QED) is 0.317. The number of benzene rings is 1. The molecule has 0 fully saturated rings. The molecule has 0 amide bonds. The lowest BCUT2D eigenvalue weighted by atomic mass is 10.1. The lowest BCUT2D eigenvalue weighted by Crippen LogP contribution is -2.37. The van der Waals surface area contributed by atoms with Crippen LogP contribution in [0.15, 0.2) is 30.9 Å². The molecular formula is C16H19BF4N2O2S. The summed E-state index contributed by atoms with van der Waals surface area (Å²) in [4.78, 5) is 0. The van der Waals surface area contributed by atoms with Crippen LogP contribution in [0, 0.1) is 6.92 Å². The van der Waals surface area contributed by atoms with Gasteiger partial charge >= 0.3 is 7.25 Å². The van der Waals surface area contributed by atoms with Crippen LogP contribution < -0.4 is 14.2 Å². The van der Waals surface area contributed by atoms with E-state index in [9.17, 15) is 17.3 Å². The van der Waals surface area contributed by atoms with Crippen molar-refractivity contribution in [3.05, 3.63) is 46.4 Å². The van der Waals surface area contributed by atoms with E-state index in [1.54, 1.807) is 25.6 Å². The molecule has 0 saturated heterocycles. The Hall–Kier alpha value is -2.36. The molecule has 10 heteroatoms. The van der Waals surface area contributed by atoms with Crippen molar-refractivity contribution in [2.24, 2.45) is 0 Å². The highest BCUT2D eigenvalue weighted by atomic mass is 32.1. The molecule has 0 aliphatic carbocycles. The number of allylic oxidation sites excluding steroid dienone is 1. The Bertz CT molecular complexity index is 757. The van der Waals surface area contributed by atoms with Gasteiger partial charge in [0.2, 0.25) is 0 Å². The van der Waals surface area contributed by atoms with Gasteiger partial charge in [0.15, 0.2) is 23.1 Å². The average molecular weight is 390 g/mol. The van der Waals surface area contributed by atoms with Gasteiger partial charge in [0.25, 0.3) is 5.01 Å². The summed E-state index contributed by atoms with van der Waals surface area (Å²) in [6.45, 7) is 6.45. The zero-order valence-electron chi connectivity index (χ0n) is 14.6. The Morgan fingerprint density at radius 3 is 2.38 bits per heavy atom. The fraction of sp³-hybridized carbons (Fsp3) is 0.250. The minimum Gasteiger partial charge on any atom is -0.493 e. The summed E-state index contributed by atoms with van der Waals surface area (Å²) in [5.74, 6) is 1.45. The third-order valence-corrected chi connectivity index (χ3v) is 3.84. The highest BCUT2D eigenvalue weighted by Gasteiger charge is 2.20. The molecule has 0 N–H and O–H groups in total. The Morgan fingerprint density at radius 2 is 1.85 bits per heavy atom. The number of ether oxygens (including phenoxy) is 2. The van der Waals surface area contributed by atoms with Crippen molar-refractivity contribution in [1.29, 1.82) is 0 Å². The summed E-state index contributed by atoms with van der Waals surface area (Å²) in [7, 11) is -2.72. The molecule has 0 bridgehead atoms. The summed E-state index contributed by atoms with van der Waals surface area (Å²) in [6.07, 6.45) is 5.88. The number of nitrogens with zero attached hydrogens (tertiary/aromatic N) is 2. The van der Waals surface area contributed by atoms with Crippen LogP contribution in [0.2, 0.25) is 0 Å². The zero-order chi connectivity index (χ0) is 19.7. The molecule has 0 saturated carbocycles. The Balaban J connectivity index is 0.000000597. The standard InChI is InChI=1S/C16H19N2O2S.BF4/c1-5-11-18-15(21-12(2)17-18)10-9-13-7-6-8-14(19-3)16(13)20-4;2-1(3,4)5/h5-10H,1,11H2,2-4H3;/q+1;-1. The summed E-state index contributed by atoms with van der Waals surface area (Å²) in [5, 5.41) is 6.53. The molecule has 2 aromatic rings. The van der Waals surface area contributed by atoms with E-state index < -0.39 is 7.25 Å². The molecule has 0 radical (unpaired) electrons. The Kier molecular flexibility index (Phi) is 8.30. The first-order valence-electron chi connectivity index (χ1n) is 7.44. The van der Waals surface area contributed by atoms with Crippen molar-refractivity contribution in [2.45, 2.75) is 13.5 Å². The van der Waals surface area contributed by atoms with E-state index in [4.69, 9.17) is 9.47 Å². The van der Waals surface area contributed by atoms with Gasteiger partial charge in [-0.15, -0.1) is 0 Å². The SMILES string of the molecule is C=CC[n+]1nc(C)sc1C=Cc1cccc(OC)c1OC.F[B-](F)(F)F. The summed E-state index contributed by atoms with van der Waals surface area (Å²) in [5.41, 5.74) is 0.966. The number of methoxy groups -OCH3 is 2. The molecule has 0 aliphatic heterocycles. The fourth-order valence-corrected chi connectivity index (χ4v) is 2.82. The molecule has 1 aromatic carbocycles. The van der Waals surface area contributed by atoms with E-state index in [2.05, 4.69) is 11.7 Å². The van der Waals surface area contributed by atoms with Gasteiger partial charge in [-0.2, -0.15) is 0 Å². The van der Waals surface area contributed by atoms with Crippen molar-refractivity contribution >= 4 is 30.7 Å². The first-order valence-corrected chi connectivity index (χ1v) is 8.26. The topological polar surface area (TPSA) is 35.2 Å². The lowest BCUT2D eigenvalue weighted by molar-refractivity contribution is -0.741. The molecule has 1 heterocycles. The van der Waals surface area contributed by atoms with Crippen LogP contribution in [0.25, 0.3) is 12.2 Å². The number of hydrogen-bond donors (Lipinski definition) is 0. The lowest BCUT2D eigenvalue weighted by Gasteiger charge is -2.09. The monoisotopic (exact) mass is 390 g/mol. The predicted octanol–water partition coefficient (Wildman–Crippen LogP) is 4.41. The maximum Gasteiger partial charge on any atom is 0.673 e. The first-order chi connectivity index (χ1) is 12.2. The molecule has 0 unspecified atom stereocenters. The summed E-state index contributed by atoms with van der Waals surface area (Å²) >= 11 is 1.64.